The Kier molecular flexibility index (Phi) is 3.74. The summed E-state index contributed by atoms with van der Waals surface area (Å²) in [6.07, 6.45) is 0. The highest BCUT2D eigenvalue weighted by Crippen LogP contribution is 2.19. The molecule has 0 bridgehead atoms. The number of hydrogen-bond acceptors (Lipinski definition) is 3. The van der Waals surface area contributed by atoms with Crippen LogP contribution in [-0.2, 0) is 0 Å². The van der Waals surface area contributed by atoms with Crippen LogP contribution in [0.15, 0.2) is 12.1 Å². The fraction of sp³-hybridized carbons (Fsp3) is 0.250. The summed E-state index contributed by atoms with van der Waals surface area (Å²) in [5.74, 6) is -0.880. The third kappa shape index (κ3) is 2.18. The minimum absolute atomic E-state index is 0.0600. The molecule has 0 aliphatic carbocycles. The van der Waals surface area contributed by atoms with E-state index in [1.807, 2.05) is 0 Å². The number of halogens is 2. The van der Waals surface area contributed by atoms with Gasteiger partial charge in [0.2, 0.25) is 0 Å². The first kappa shape index (κ1) is 11.3. The lowest BCUT2D eigenvalue weighted by molar-refractivity contribution is 0.322. The number of ether oxygens (including phenoxy) is 1. The Morgan fingerprint density at radius 3 is 2.64 bits per heavy atom. The molecule has 76 valence electrons. The largest absolute Gasteiger partial charge is 0.493 e. The lowest BCUT2D eigenvalue weighted by Crippen LogP contribution is -2.33. The van der Waals surface area contributed by atoms with Gasteiger partial charge in [-0.25, -0.2) is 4.39 Å². The van der Waals surface area contributed by atoms with Crippen LogP contribution in [-0.4, -0.2) is 23.8 Å². The molecule has 0 saturated heterocycles. The van der Waals surface area contributed by atoms with Gasteiger partial charge in [0.15, 0.2) is 11.6 Å². The molecule has 0 aliphatic heterocycles. The molecule has 0 unspecified atom stereocenters. The second-order valence-corrected chi connectivity index (χ2v) is 2.99. The lowest BCUT2D eigenvalue weighted by Gasteiger charge is -2.11. The van der Waals surface area contributed by atoms with Crippen molar-refractivity contribution < 1.29 is 19.2 Å². The van der Waals surface area contributed by atoms with Crippen LogP contribution in [0.25, 0.3) is 0 Å². The molecule has 0 atom stereocenters. The van der Waals surface area contributed by atoms with E-state index in [2.05, 4.69) is 0 Å². The Hall–Kier alpha value is -0.775. The molecular formula is C8H9BClFO3. The Balaban J connectivity index is 3.26. The van der Waals surface area contributed by atoms with Gasteiger partial charge in [0.05, 0.1) is 6.61 Å². The van der Waals surface area contributed by atoms with Crippen LogP contribution in [0.2, 0.25) is 5.02 Å². The quantitative estimate of drug-likeness (QED) is 0.729. The molecule has 0 fully saturated rings. The van der Waals surface area contributed by atoms with E-state index in [4.69, 9.17) is 26.4 Å². The summed E-state index contributed by atoms with van der Waals surface area (Å²) in [4.78, 5) is 0. The van der Waals surface area contributed by atoms with Crippen LogP contribution in [0.1, 0.15) is 6.92 Å². The zero-order valence-corrected chi connectivity index (χ0v) is 8.25. The first-order valence-electron chi connectivity index (χ1n) is 4.04. The molecule has 0 radical (unpaired) electrons. The van der Waals surface area contributed by atoms with Gasteiger partial charge in [0.1, 0.15) is 0 Å². The zero-order chi connectivity index (χ0) is 10.7. The maximum absolute atomic E-state index is 13.2. The Bertz CT molecular complexity index is 333. The summed E-state index contributed by atoms with van der Waals surface area (Å²) in [5.41, 5.74) is -0.145. The molecule has 6 heteroatoms. The van der Waals surface area contributed by atoms with Crippen LogP contribution >= 0.6 is 11.6 Å². The summed E-state index contributed by atoms with van der Waals surface area (Å²) in [6, 6.07) is 2.35. The Morgan fingerprint density at radius 2 is 2.14 bits per heavy atom. The lowest BCUT2D eigenvalue weighted by atomic mass is 9.79. The van der Waals surface area contributed by atoms with Gasteiger partial charge in [-0.2, -0.15) is 0 Å². The van der Waals surface area contributed by atoms with Gasteiger partial charge in [0.25, 0.3) is 0 Å². The van der Waals surface area contributed by atoms with E-state index in [9.17, 15) is 4.39 Å². The third-order valence-electron chi connectivity index (χ3n) is 1.64. The average molecular weight is 218 g/mol. The minimum atomic E-state index is -1.85. The molecule has 3 nitrogen and oxygen atoms in total. The molecule has 0 saturated carbocycles. The monoisotopic (exact) mass is 218 g/mol. The molecule has 1 aromatic carbocycles. The van der Waals surface area contributed by atoms with Crippen molar-refractivity contribution in [1.82, 2.24) is 0 Å². The van der Waals surface area contributed by atoms with Crippen LogP contribution in [0.3, 0.4) is 0 Å². The van der Waals surface area contributed by atoms with Crippen LogP contribution in [0, 0.1) is 5.82 Å². The second kappa shape index (κ2) is 4.64. The normalized spacial score (nSPS) is 10.1. The summed E-state index contributed by atoms with van der Waals surface area (Å²) in [5, 5.41) is 18.0. The fourth-order valence-corrected chi connectivity index (χ4v) is 1.33. The molecule has 0 aromatic heterocycles. The van der Waals surface area contributed by atoms with Crippen LogP contribution < -0.4 is 10.2 Å². The van der Waals surface area contributed by atoms with E-state index in [1.54, 1.807) is 6.92 Å². The topological polar surface area (TPSA) is 49.7 Å². The van der Waals surface area contributed by atoms with Gasteiger partial charge < -0.3 is 14.8 Å². The Labute approximate surface area is 86.2 Å². The highest BCUT2D eigenvalue weighted by Gasteiger charge is 2.23. The van der Waals surface area contributed by atoms with Crippen LogP contribution in [0.4, 0.5) is 4.39 Å². The van der Waals surface area contributed by atoms with Gasteiger partial charge in [-0.3, -0.25) is 0 Å². The number of benzene rings is 1. The molecule has 1 rings (SSSR count). The Morgan fingerprint density at radius 1 is 1.50 bits per heavy atom. The zero-order valence-electron chi connectivity index (χ0n) is 7.50. The van der Waals surface area contributed by atoms with Gasteiger partial charge in [-0.1, -0.05) is 11.6 Å². The fourth-order valence-electron chi connectivity index (χ4n) is 1.08. The molecule has 14 heavy (non-hydrogen) atoms. The summed E-state index contributed by atoms with van der Waals surface area (Å²) in [6.45, 7) is 1.88. The van der Waals surface area contributed by atoms with Crippen molar-refractivity contribution in [1.29, 1.82) is 0 Å². The maximum Gasteiger partial charge on any atom is 0.493 e. The van der Waals surface area contributed by atoms with E-state index < -0.39 is 12.9 Å². The molecule has 2 N–H and O–H groups in total. The van der Waals surface area contributed by atoms with E-state index in [0.717, 1.165) is 6.07 Å². The third-order valence-corrected chi connectivity index (χ3v) is 1.97. The van der Waals surface area contributed by atoms with Gasteiger partial charge >= 0.3 is 7.12 Å². The predicted octanol–water partition coefficient (Wildman–Crippen LogP) is 0.558. The summed E-state index contributed by atoms with van der Waals surface area (Å²) < 4.78 is 18.1. The molecular weight excluding hydrogens is 209 g/mol. The van der Waals surface area contributed by atoms with Crippen molar-refractivity contribution in [3.8, 4) is 5.75 Å². The van der Waals surface area contributed by atoms with Gasteiger partial charge in [0, 0.05) is 10.5 Å². The van der Waals surface area contributed by atoms with E-state index in [0.29, 0.717) is 0 Å². The van der Waals surface area contributed by atoms with Crippen molar-refractivity contribution in [3.05, 3.63) is 23.0 Å². The maximum atomic E-state index is 13.2. The summed E-state index contributed by atoms with van der Waals surface area (Å²) >= 11 is 5.67. The number of rotatable bonds is 3. The molecule has 1 aromatic rings. The second-order valence-electron chi connectivity index (χ2n) is 2.58. The SMILES string of the molecule is CCOc1c(F)ccc(Cl)c1B(O)O. The molecule has 0 aliphatic rings. The minimum Gasteiger partial charge on any atom is -0.491 e. The first-order valence-corrected chi connectivity index (χ1v) is 4.42. The van der Waals surface area contributed by atoms with Crippen molar-refractivity contribution >= 4 is 24.2 Å². The van der Waals surface area contributed by atoms with E-state index >= 15 is 0 Å². The van der Waals surface area contributed by atoms with E-state index in [-0.39, 0.29) is 22.8 Å². The van der Waals surface area contributed by atoms with Crippen molar-refractivity contribution in [3.63, 3.8) is 0 Å². The molecule has 0 spiro atoms. The molecule has 0 amide bonds. The van der Waals surface area contributed by atoms with Crippen molar-refractivity contribution in [2.75, 3.05) is 6.61 Å². The standard InChI is InChI=1S/C8H9BClFO3/c1-2-14-8-6(11)4-3-5(10)7(8)9(12)13/h3-4,12-13H,2H2,1H3. The smallest absolute Gasteiger partial charge is 0.491 e. The molecule has 0 heterocycles. The van der Waals surface area contributed by atoms with Crippen molar-refractivity contribution in [2.24, 2.45) is 0 Å². The predicted molar refractivity (Wildman–Crippen MR) is 52.4 cm³/mol. The van der Waals surface area contributed by atoms with Crippen molar-refractivity contribution in [2.45, 2.75) is 6.92 Å². The highest BCUT2D eigenvalue weighted by atomic mass is 35.5. The number of hydrogen-bond donors (Lipinski definition) is 2. The van der Waals surface area contributed by atoms with E-state index in [1.165, 1.54) is 6.07 Å². The van der Waals surface area contributed by atoms with Crippen LogP contribution in [0.5, 0.6) is 5.75 Å². The summed E-state index contributed by atoms with van der Waals surface area (Å²) in [7, 11) is -1.85. The highest BCUT2D eigenvalue weighted by molar-refractivity contribution is 6.63. The van der Waals surface area contributed by atoms with Gasteiger partial charge in [-0.05, 0) is 19.1 Å². The van der Waals surface area contributed by atoms with Gasteiger partial charge in [-0.15, -0.1) is 0 Å². The average Bonchev–Trinajstić information content (AvgIpc) is 2.11. The first-order chi connectivity index (χ1) is 6.57.